The van der Waals surface area contributed by atoms with E-state index in [0.29, 0.717) is 12.0 Å². The fourth-order valence-electron chi connectivity index (χ4n) is 3.39. The first-order valence-corrected chi connectivity index (χ1v) is 9.86. The molecular weight excluding hydrogens is 320 g/mol. The number of hydrogen-bond acceptors (Lipinski definition) is 4. The molecule has 2 aliphatic rings. The third-order valence-electron chi connectivity index (χ3n) is 4.84. The van der Waals surface area contributed by atoms with Gasteiger partial charge in [0.15, 0.2) is 5.96 Å². The van der Waals surface area contributed by atoms with Crippen molar-refractivity contribution in [1.29, 1.82) is 0 Å². The summed E-state index contributed by atoms with van der Waals surface area (Å²) in [5, 5.41) is 6.77. The van der Waals surface area contributed by atoms with Crippen LogP contribution in [0, 0.1) is 5.41 Å². The van der Waals surface area contributed by atoms with Gasteiger partial charge in [-0.05, 0) is 19.8 Å². The van der Waals surface area contributed by atoms with E-state index in [2.05, 4.69) is 43.3 Å². The van der Waals surface area contributed by atoms with Crippen LogP contribution in [-0.2, 0) is 16.7 Å². The highest BCUT2D eigenvalue weighted by Crippen LogP contribution is 2.38. The Bertz CT molecular complexity index is 584. The third-order valence-corrected chi connectivity index (χ3v) is 6.16. The van der Waals surface area contributed by atoms with Gasteiger partial charge in [0.05, 0.1) is 23.9 Å². The van der Waals surface area contributed by atoms with Crippen LogP contribution in [0.1, 0.15) is 51.2 Å². The van der Waals surface area contributed by atoms with Crippen LogP contribution in [0.3, 0.4) is 0 Å². The Balaban J connectivity index is 1.67. The summed E-state index contributed by atoms with van der Waals surface area (Å²) in [7, 11) is 0. The maximum Gasteiger partial charge on any atom is 0.194 e. The van der Waals surface area contributed by atoms with Crippen molar-refractivity contribution in [3.8, 4) is 0 Å². The zero-order valence-electron chi connectivity index (χ0n) is 15.4. The van der Waals surface area contributed by atoms with Gasteiger partial charge in [-0.25, -0.2) is 9.98 Å². The molecule has 134 valence electrons. The van der Waals surface area contributed by atoms with E-state index in [4.69, 9.17) is 14.7 Å². The first kappa shape index (κ1) is 17.7. The van der Waals surface area contributed by atoms with Gasteiger partial charge in [-0.1, -0.05) is 20.8 Å². The molecule has 0 aromatic carbocycles. The second-order valence-corrected chi connectivity index (χ2v) is 8.90. The van der Waals surface area contributed by atoms with Crippen LogP contribution in [0.15, 0.2) is 10.4 Å². The van der Waals surface area contributed by atoms with Crippen LogP contribution in [0.5, 0.6) is 0 Å². The van der Waals surface area contributed by atoms with Crippen molar-refractivity contribution in [3.63, 3.8) is 0 Å². The zero-order chi connectivity index (χ0) is 17.2. The van der Waals surface area contributed by atoms with E-state index in [0.717, 1.165) is 44.5 Å². The van der Waals surface area contributed by atoms with E-state index >= 15 is 0 Å². The molecule has 0 amide bonds. The number of thiazole rings is 1. The van der Waals surface area contributed by atoms with Crippen molar-refractivity contribution in [2.75, 3.05) is 32.8 Å². The molecule has 5 nitrogen and oxygen atoms in total. The van der Waals surface area contributed by atoms with Gasteiger partial charge in [0.1, 0.15) is 0 Å². The summed E-state index contributed by atoms with van der Waals surface area (Å²) in [6.45, 7) is 14.2. The molecule has 0 aliphatic carbocycles. The average Bonchev–Trinajstić information content (AvgIpc) is 3.25. The van der Waals surface area contributed by atoms with Gasteiger partial charge in [0, 0.05) is 42.5 Å². The number of aromatic nitrogens is 1. The van der Waals surface area contributed by atoms with Gasteiger partial charge in [0.25, 0.3) is 0 Å². The van der Waals surface area contributed by atoms with E-state index < -0.39 is 0 Å². The summed E-state index contributed by atoms with van der Waals surface area (Å²) in [5.41, 5.74) is 1.54. The van der Waals surface area contributed by atoms with Crippen LogP contribution in [-0.4, -0.2) is 48.7 Å². The zero-order valence-corrected chi connectivity index (χ0v) is 16.2. The lowest BCUT2D eigenvalue weighted by Crippen LogP contribution is -2.41. The number of guanidine groups is 1. The number of rotatable bonds is 3. The standard InChI is InChI=1S/C18H30N4OS/c1-5-19-16(22-8-6-18(12-22)7-9-23-13-18)20-10-14-11-24-15(21-14)17(2,3)4/h11H,5-10,12-13H2,1-4H3,(H,19,20). The monoisotopic (exact) mass is 350 g/mol. The Morgan fingerprint density at radius 2 is 2.29 bits per heavy atom. The van der Waals surface area contributed by atoms with Gasteiger partial charge in [0.2, 0.25) is 0 Å². The van der Waals surface area contributed by atoms with Gasteiger partial charge >= 0.3 is 0 Å². The molecule has 0 saturated carbocycles. The molecule has 1 spiro atoms. The minimum absolute atomic E-state index is 0.112. The molecular formula is C18H30N4OS. The maximum absolute atomic E-state index is 5.64. The molecule has 1 aromatic heterocycles. The van der Waals surface area contributed by atoms with Crippen molar-refractivity contribution in [1.82, 2.24) is 15.2 Å². The van der Waals surface area contributed by atoms with Crippen LogP contribution in [0.2, 0.25) is 0 Å². The first-order chi connectivity index (χ1) is 11.4. The predicted octanol–water partition coefficient (Wildman–Crippen LogP) is 3.02. The lowest BCUT2D eigenvalue weighted by atomic mass is 9.87. The lowest BCUT2D eigenvalue weighted by Gasteiger charge is -2.24. The summed E-state index contributed by atoms with van der Waals surface area (Å²) >= 11 is 1.74. The molecule has 2 fully saturated rings. The number of likely N-dealkylation sites (tertiary alicyclic amines) is 1. The lowest BCUT2D eigenvalue weighted by molar-refractivity contribution is 0.156. The Labute approximate surface area is 149 Å². The van der Waals surface area contributed by atoms with Gasteiger partial charge < -0.3 is 15.0 Å². The van der Waals surface area contributed by atoms with Crippen LogP contribution < -0.4 is 5.32 Å². The molecule has 0 radical (unpaired) electrons. The molecule has 2 aliphatic heterocycles. The van der Waals surface area contributed by atoms with Crippen molar-refractivity contribution in [3.05, 3.63) is 16.1 Å². The Kier molecular flexibility index (Phi) is 5.16. The van der Waals surface area contributed by atoms with Crippen molar-refractivity contribution >= 4 is 17.3 Å². The summed E-state index contributed by atoms with van der Waals surface area (Å²) < 4.78 is 5.64. The van der Waals surface area contributed by atoms with E-state index in [1.54, 1.807) is 11.3 Å². The number of aliphatic imine (C=N–C) groups is 1. The van der Waals surface area contributed by atoms with Crippen molar-refractivity contribution < 1.29 is 4.74 Å². The van der Waals surface area contributed by atoms with E-state index in [9.17, 15) is 0 Å². The number of nitrogens with zero attached hydrogens (tertiary/aromatic N) is 3. The Morgan fingerprint density at radius 1 is 1.46 bits per heavy atom. The van der Waals surface area contributed by atoms with Gasteiger partial charge in [-0.2, -0.15) is 0 Å². The van der Waals surface area contributed by atoms with Crippen LogP contribution in [0.25, 0.3) is 0 Å². The molecule has 6 heteroatoms. The van der Waals surface area contributed by atoms with Crippen molar-refractivity contribution in [2.24, 2.45) is 10.4 Å². The largest absolute Gasteiger partial charge is 0.381 e. The number of nitrogens with one attached hydrogen (secondary N) is 1. The molecule has 24 heavy (non-hydrogen) atoms. The number of hydrogen-bond donors (Lipinski definition) is 1. The fourth-order valence-corrected chi connectivity index (χ4v) is 4.29. The normalized spacial score (nSPS) is 25.0. The predicted molar refractivity (Wildman–Crippen MR) is 99.7 cm³/mol. The van der Waals surface area contributed by atoms with Gasteiger partial charge in [-0.3, -0.25) is 0 Å². The highest BCUT2D eigenvalue weighted by Gasteiger charge is 2.42. The SMILES string of the molecule is CCNC(=NCc1csc(C(C)(C)C)n1)N1CCC2(CCOC2)C1. The second kappa shape index (κ2) is 7.00. The van der Waals surface area contributed by atoms with E-state index in [-0.39, 0.29) is 5.41 Å². The second-order valence-electron chi connectivity index (χ2n) is 8.04. The molecule has 1 unspecified atom stereocenters. The van der Waals surface area contributed by atoms with Crippen molar-refractivity contribution in [2.45, 2.75) is 52.5 Å². The van der Waals surface area contributed by atoms with Crippen LogP contribution >= 0.6 is 11.3 Å². The molecule has 1 aromatic rings. The first-order valence-electron chi connectivity index (χ1n) is 8.98. The molecule has 1 N–H and O–H groups in total. The third kappa shape index (κ3) is 3.91. The smallest absolute Gasteiger partial charge is 0.194 e. The summed E-state index contributed by atoms with van der Waals surface area (Å²) in [5.74, 6) is 1.02. The maximum atomic E-state index is 5.64. The molecule has 3 rings (SSSR count). The van der Waals surface area contributed by atoms with Crippen LogP contribution in [0.4, 0.5) is 0 Å². The number of ether oxygens (including phenoxy) is 1. The van der Waals surface area contributed by atoms with E-state index in [1.807, 2.05) is 0 Å². The molecule has 2 saturated heterocycles. The summed E-state index contributed by atoms with van der Waals surface area (Å²) in [4.78, 5) is 12.0. The molecule has 0 bridgehead atoms. The average molecular weight is 351 g/mol. The van der Waals surface area contributed by atoms with Gasteiger partial charge in [-0.15, -0.1) is 11.3 Å². The fraction of sp³-hybridized carbons (Fsp3) is 0.778. The quantitative estimate of drug-likeness (QED) is 0.672. The highest BCUT2D eigenvalue weighted by atomic mass is 32.1. The Hall–Kier alpha value is -1.14. The minimum atomic E-state index is 0.112. The summed E-state index contributed by atoms with van der Waals surface area (Å²) in [6, 6.07) is 0. The topological polar surface area (TPSA) is 49.8 Å². The molecule has 3 heterocycles. The molecule has 1 atom stereocenters. The minimum Gasteiger partial charge on any atom is -0.381 e. The van der Waals surface area contributed by atoms with E-state index in [1.165, 1.54) is 17.8 Å². The highest BCUT2D eigenvalue weighted by molar-refractivity contribution is 7.09. The summed E-state index contributed by atoms with van der Waals surface area (Å²) in [6.07, 6.45) is 2.40. The Morgan fingerprint density at radius 3 is 2.92 bits per heavy atom.